The first-order valence-corrected chi connectivity index (χ1v) is 7.87. The standard InChI is InChI=1S/C19H22N4O/c1-14-18(20-15-10-12-16(13-11-15)21(2)3)19(24)23(22(14)4)17-8-6-5-7-9-17/h5-13,20H,1-4H3. The third-order valence-corrected chi connectivity index (χ3v) is 4.21. The number of hydrogen-bond donors (Lipinski definition) is 1. The summed E-state index contributed by atoms with van der Waals surface area (Å²) in [5.41, 5.74) is 4.29. The van der Waals surface area contributed by atoms with E-state index >= 15 is 0 Å². The molecule has 1 N–H and O–H groups in total. The number of benzene rings is 2. The van der Waals surface area contributed by atoms with Crippen LogP contribution in [0.25, 0.3) is 5.69 Å². The maximum absolute atomic E-state index is 12.9. The molecule has 1 aromatic heterocycles. The third kappa shape index (κ3) is 2.80. The van der Waals surface area contributed by atoms with Crippen molar-refractivity contribution in [1.29, 1.82) is 0 Å². The monoisotopic (exact) mass is 322 g/mol. The molecule has 3 rings (SSSR count). The summed E-state index contributed by atoms with van der Waals surface area (Å²) in [6.45, 7) is 1.94. The van der Waals surface area contributed by atoms with Crippen molar-refractivity contribution >= 4 is 17.1 Å². The predicted octanol–water partition coefficient (Wildman–Crippen LogP) is 3.29. The van der Waals surface area contributed by atoms with Gasteiger partial charge in [-0.1, -0.05) is 18.2 Å². The molecule has 0 atom stereocenters. The van der Waals surface area contributed by atoms with Gasteiger partial charge in [0.05, 0.1) is 11.4 Å². The van der Waals surface area contributed by atoms with Gasteiger partial charge in [0.25, 0.3) is 5.56 Å². The third-order valence-electron chi connectivity index (χ3n) is 4.21. The number of aromatic nitrogens is 2. The Morgan fingerprint density at radius 1 is 0.958 bits per heavy atom. The highest BCUT2D eigenvalue weighted by Gasteiger charge is 2.16. The fraction of sp³-hybridized carbons (Fsp3) is 0.211. The second-order valence-corrected chi connectivity index (χ2v) is 6.00. The van der Waals surface area contributed by atoms with E-state index in [0.717, 1.165) is 22.8 Å². The second kappa shape index (κ2) is 6.28. The van der Waals surface area contributed by atoms with Crippen LogP contribution < -0.4 is 15.8 Å². The molecule has 0 aliphatic carbocycles. The zero-order chi connectivity index (χ0) is 17.3. The minimum Gasteiger partial charge on any atom is -0.378 e. The van der Waals surface area contributed by atoms with E-state index in [1.54, 1.807) is 4.68 Å². The number of rotatable bonds is 4. The van der Waals surface area contributed by atoms with Crippen LogP contribution in [0.1, 0.15) is 5.69 Å². The Hall–Kier alpha value is -2.95. The van der Waals surface area contributed by atoms with Crippen LogP contribution in [0.4, 0.5) is 17.1 Å². The Bertz CT molecular complexity index is 890. The summed E-state index contributed by atoms with van der Waals surface area (Å²) in [7, 11) is 5.90. The average molecular weight is 322 g/mol. The Balaban J connectivity index is 1.99. The van der Waals surface area contributed by atoms with Crippen molar-refractivity contribution in [2.45, 2.75) is 6.92 Å². The van der Waals surface area contributed by atoms with Crippen LogP contribution in [0.2, 0.25) is 0 Å². The van der Waals surface area contributed by atoms with E-state index in [1.807, 2.05) is 92.2 Å². The zero-order valence-electron chi connectivity index (χ0n) is 14.4. The van der Waals surface area contributed by atoms with Gasteiger partial charge in [0.1, 0.15) is 5.69 Å². The summed E-state index contributed by atoms with van der Waals surface area (Å²) in [5, 5.41) is 3.26. The van der Waals surface area contributed by atoms with Crippen LogP contribution in [0.15, 0.2) is 59.4 Å². The SMILES string of the molecule is Cc1c(Nc2ccc(N(C)C)cc2)c(=O)n(-c2ccccc2)n1C. The molecular weight excluding hydrogens is 300 g/mol. The summed E-state index contributed by atoms with van der Waals surface area (Å²) in [5.74, 6) is 0. The molecule has 2 aromatic carbocycles. The quantitative estimate of drug-likeness (QED) is 0.801. The molecule has 0 aliphatic rings. The lowest BCUT2D eigenvalue weighted by molar-refractivity contribution is 0.630. The number of para-hydroxylation sites is 1. The van der Waals surface area contributed by atoms with Crippen molar-refractivity contribution in [2.75, 3.05) is 24.3 Å². The first-order chi connectivity index (χ1) is 11.5. The van der Waals surface area contributed by atoms with E-state index in [9.17, 15) is 4.79 Å². The maximum Gasteiger partial charge on any atom is 0.295 e. The molecule has 0 fully saturated rings. The van der Waals surface area contributed by atoms with Gasteiger partial charge >= 0.3 is 0 Å². The highest BCUT2D eigenvalue weighted by Crippen LogP contribution is 2.21. The number of anilines is 3. The fourth-order valence-corrected chi connectivity index (χ4v) is 2.70. The molecule has 5 nitrogen and oxygen atoms in total. The number of hydrogen-bond acceptors (Lipinski definition) is 3. The van der Waals surface area contributed by atoms with Crippen molar-refractivity contribution in [2.24, 2.45) is 7.05 Å². The number of nitrogens with one attached hydrogen (secondary N) is 1. The van der Waals surface area contributed by atoms with Crippen molar-refractivity contribution in [3.05, 3.63) is 70.6 Å². The molecular formula is C19H22N4O. The van der Waals surface area contributed by atoms with Crippen molar-refractivity contribution in [3.8, 4) is 5.69 Å². The Morgan fingerprint density at radius 3 is 2.17 bits per heavy atom. The van der Waals surface area contributed by atoms with Gasteiger partial charge in [-0.05, 0) is 43.3 Å². The van der Waals surface area contributed by atoms with E-state index in [-0.39, 0.29) is 5.56 Å². The molecule has 0 unspecified atom stereocenters. The van der Waals surface area contributed by atoms with Crippen LogP contribution in [-0.4, -0.2) is 23.5 Å². The van der Waals surface area contributed by atoms with Gasteiger partial charge in [0.2, 0.25) is 0 Å². The zero-order valence-corrected chi connectivity index (χ0v) is 14.4. The molecule has 3 aromatic rings. The fourth-order valence-electron chi connectivity index (χ4n) is 2.70. The highest BCUT2D eigenvalue weighted by atomic mass is 16.1. The highest BCUT2D eigenvalue weighted by molar-refractivity contribution is 5.64. The Labute approximate surface area is 141 Å². The largest absolute Gasteiger partial charge is 0.378 e. The van der Waals surface area contributed by atoms with Gasteiger partial charge in [0, 0.05) is 32.5 Å². The summed E-state index contributed by atoms with van der Waals surface area (Å²) >= 11 is 0. The van der Waals surface area contributed by atoms with Gasteiger partial charge in [-0.15, -0.1) is 0 Å². The van der Waals surface area contributed by atoms with Gasteiger partial charge in [-0.2, -0.15) is 0 Å². The van der Waals surface area contributed by atoms with Gasteiger partial charge < -0.3 is 10.2 Å². The van der Waals surface area contributed by atoms with Gasteiger partial charge in [0.15, 0.2) is 0 Å². The van der Waals surface area contributed by atoms with Gasteiger partial charge in [-0.25, -0.2) is 4.68 Å². The summed E-state index contributed by atoms with van der Waals surface area (Å²) in [6.07, 6.45) is 0. The lowest BCUT2D eigenvalue weighted by Crippen LogP contribution is -2.20. The molecule has 1 heterocycles. The van der Waals surface area contributed by atoms with Crippen LogP contribution in [-0.2, 0) is 7.05 Å². The molecule has 0 radical (unpaired) electrons. The molecule has 0 spiro atoms. The molecule has 0 saturated carbocycles. The first-order valence-electron chi connectivity index (χ1n) is 7.87. The lowest BCUT2D eigenvalue weighted by Gasteiger charge is -2.13. The predicted molar refractivity (Wildman–Crippen MR) is 99.8 cm³/mol. The van der Waals surface area contributed by atoms with Gasteiger partial charge in [-0.3, -0.25) is 9.48 Å². The first kappa shape index (κ1) is 15.9. The molecule has 24 heavy (non-hydrogen) atoms. The van der Waals surface area contributed by atoms with Crippen LogP contribution in [0, 0.1) is 6.92 Å². The average Bonchev–Trinajstić information content (AvgIpc) is 2.80. The summed E-state index contributed by atoms with van der Waals surface area (Å²) in [6, 6.07) is 17.7. The van der Waals surface area contributed by atoms with Crippen LogP contribution in [0.5, 0.6) is 0 Å². The van der Waals surface area contributed by atoms with E-state index in [4.69, 9.17) is 0 Å². The smallest absolute Gasteiger partial charge is 0.295 e. The van der Waals surface area contributed by atoms with Crippen LogP contribution >= 0.6 is 0 Å². The minimum absolute atomic E-state index is 0.0575. The maximum atomic E-state index is 12.9. The number of nitrogens with zero attached hydrogens (tertiary/aromatic N) is 3. The van der Waals surface area contributed by atoms with Crippen molar-refractivity contribution in [3.63, 3.8) is 0 Å². The molecule has 0 bridgehead atoms. The molecule has 0 aliphatic heterocycles. The molecule has 0 saturated heterocycles. The van der Waals surface area contributed by atoms with E-state index in [1.165, 1.54) is 0 Å². The van der Waals surface area contributed by atoms with Crippen molar-refractivity contribution in [1.82, 2.24) is 9.36 Å². The van der Waals surface area contributed by atoms with E-state index in [0.29, 0.717) is 5.69 Å². The van der Waals surface area contributed by atoms with Crippen molar-refractivity contribution < 1.29 is 0 Å². The Kier molecular flexibility index (Phi) is 4.16. The second-order valence-electron chi connectivity index (χ2n) is 6.00. The van der Waals surface area contributed by atoms with E-state index < -0.39 is 0 Å². The Morgan fingerprint density at radius 2 is 1.58 bits per heavy atom. The molecule has 5 heteroatoms. The topological polar surface area (TPSA) is 42.2 Å². The summed E-state index contributed by atoms with van der Waals surface area (Å²) in [4.78, 5) is 14.9. The summed E-state index contributed by atoms with van der Waals surface area (Å²) < 4.78 is 3.54. The minimum atomic E-state index is -0.0575. The normalized spacial score (nSPS) is 10.7. The van der Waals surface area contributed by atoms with E-state index in [2.05, 4.69) is 5.32 Å². The lowest BCUT2D eigenvalue weighted by atomic mass is 10.2. The molecule has 124 valence electrons. The molecule has 0 amide bonds. The van der Waals surface area contributed by atoms with Crippen LogP contribution in [0.3, 0.4) is 0 Å².